The SMILES string of the molecule is CCCCN1CCCC(N)CCC1. The molecule has 1 aliphatic rings. The van der Waals surface area contributed by atoms with E-state index in [0.29, 0.717) is 6.04 Å². The molecular formula is C11H24N2. The van der Waals surface area contributed by atoms with E-state index < -0.39 is 0 Å². The lowest BCUT2D eigenvalue weighted by atomic mass is 10.0. The van der Waals surface area contributed by atoms with Gasteiger partial charge >= 0.3 is 0 Å². The van der Waals surface area contributed by atoms with Gasteiger partial charge < -0.3 is 10.6 Å². The summed E-state index contributed by atoms with van der Waals surface area (Å²) in [7, 11) is 0. The zero-order valence-electron chi connectivity index (χ0n) is 8.97. The predicted molar refractivity (Wildman–Crippen MR) is 57.8 cm³/mol. The second kappa shape index (κ2) is 6.39. The lowest BCUT2D eigenvalue weighted by molar-refractivity contribution is 0.237. The molecule has 0 aromatic rings. The summed E-state index contributed by atoms with van der Waals surface area (Å²) in [6.45, 7) is 6.10. The van der Waals surface area contributed by atoms with Gasteiger partial charge in [0, 0.05) is 6.04 Å². The van der Waals surface area contributed by atoms with Gasteiger partial charge in [-0.3, -0.25) is 0 Å². The smallest absolute Gasteiger partial charge is 0.00397 e. The van der Waals surface area contributed by atoms with E-state index in [1.165, 1.54) is 58.2 Å². The molecule has 0 aliphatic carbocycles. The molecule has 2 heteroatoms. The Morgan fingerprint density at radius 3 is 2.38 bits per heavy atom. The number of nitrogens with two attached hydrogens (primary N) is 1. The van der Waals surface area contributed by atoms with Crippen LogP contribution in [0, 0.1) is 0 Å². The largest absolute Gasteiger partial charge is 0.328 e. The summed E-state index contributed by atoms with van der Waals surface area (Å²) < 4.78 is 0. The van der Waals surface area contributed by atoms with Crippen LogP contribution in [0.25, 0.3) is 0 Å². The standard InChI is InChI=1S/C11H24N2/c1-2-3-8-13-9-4-6-11(12)7-5-10-13/h11H,2-10,12H2,1H3. The fourth-order valence-electron chi connectivity index (χ4n) is 2.02. The van der Waals surface area contributed by atoms with Crippen molar-refractivity contribution in [1.82, 2.24) is 4.90 Å². The van der Waals surface area contributed by atoms with Crippen LogP contribution in [0.1, 0.15) is 45.4 Å². The molecule has 13 heavy (non-hydrogen) atoms. The minimum atomic E-state index is 0.480. The van der Waals surface area contributed by atoms with E-state index in [2.05, 4.69) is 11.8 Å². The van der Waals surface area contributed by atoms with Gasteiger partial charge in [-0.2, -0.15) is 0 Å². The van der Waals surface area contributed by atoms with Crippen LogP contribution in [0.3, 0.4) is 0 Å². The van der Waals surface area contributed by atoms with Crippen LogP contribution in [-0.2, 0) is 0 Å². The predicted octanol–water partition coefficient (Wildman–Crippen LogP) is 1.99. The van der Waals surface area contributed by atoms with Crippen molar-refractivity contribution >= 4 is 0 Å². The van der Waals surface area contributed by atoms with E-state index in [0.717, 1.165) is 0 Å². The highest BCUT2D eigenvalue weighted by Crippen LogP contribution is 2.10. The van der Waals surface area contributed by atoms with E-state index in [1.54, 1.807) is 0 Å². The Morgan fingerprint density at radius 1 is 1.23 bits per heavy atom. The zero-order valence-corrected chi connectivity index (χ0v) is 8.97. The molecule has 0 bridgehead atoms. The molecule has 0 spiro atoms. The molecule has 78 valence electrons. The summed E-state index contributed by atoms with van der Waals surface area (Å²) in [5.74, 6) is 0. The summed E-state index contributed by atoms with van der Waals surface area (Å²) >= 11 is 0. The second-order valence-corrected chi connectivity index (χ2v) is 4.24. The van der Waals surface area contributed by atoms with E-state index >= 15 is 0 Å². The van der Waals surface area contributed by atoms with Crippen molar-refractivity contribution in [2.24, 2.45) is 5.73 Å². The van der Waals surface area contributed by atoms with Gasteiger partial charge in [-0.15, -0.1) is 0 Å². The first-order chi connectivity index (χ1) is 6.33. The lowest BCUT2D eigenvalue weighted by Gasteiger charge is -2.26. The topological polar surface area (TPSA) is 29.3 Å². The maximum Gasteiger partial charge on any atom is 0.00397 e. The molecule has 0 atom stereocenters. The molecule has 1 aliphatic heterocycles. The Morgan fingerprint density at radius 2 is 1.85 bits per heavy atom. The van der Waals surface area contributed by atoms with Gasteiger partial charge in [-0.05, 0) is 51.7 Å². The van der Waals surface area contributed by atoms with Crippen LogP contribution in [0.15, 0.2) is 0 Å². The molecule has 2 N–H and O–H groups in total. The Labute approximate surface area is 82.5 Å². The number of likely N-dealkylation sites (tertiary alicyclic amines) is 1. The van der Waals surface area contributed by atoms with E-state index in [9.17, 15) is 0 Å². The van der Waals surface area contributed by atoms with Crippen molar-refractivity contribution in [2.45, 2.75) is 51.5 Å². The lowest BCUT2D eigenvalue weighted by Crippen LogP contribution is -2.32. The summed E-state index contributed by atoms with van der Waals surface area (Å²) in [6, 6.07) is 0.480. The molecule has 0 aromatic heterocycles. The number of hydrogen-bond donors (Lipinski definition) is 1. The molecule has 0 aromatic carbocycles. The Kier molecular flexibility index (Phi) is 5.40. The normalized spacial score (nSPS) is 22.6. The number of hydrogen-bond acceptors (Lipinski definition) is 2. The molecule has 1 heterocycles. The Bertz CT molecular complexity index is 115. The Balaban J connectivity index is 2.16. The molecular weight excluding hydrogens is 160 g/mol. The first kappa shape index (κ1) is 11.0. The van der Waals surface area contributed by atoms with Gasteiger partial charge in [0.1, 0.15) is 0 Å². The minimum absolute atomic E-state index is 0.480. The summed E-state index contributed by atoms with van der Waals surface area (Å²) in [5.41, 5.74) is 5.93. The maximum absolute atomic E-state index is 5.93. The van der Waals surface area contributed by atoms with Crippen LogP contribution >= 0.6 is 0 Å². The number of nitrogens with zero attached hydrogens (tertiary/aromatic N) is 1. The van der Waals surface area contributed by atoms with Crippen LogP contribution in [0.2, 0.25) is 0 Å². The van der Waals surface area contributed by atoms with Gasteiger partial charge in [0.2, 0.25) is 0 Å². The molecule has 1 rings (SSSR count). The average molecular weight is 184 g/mol. The van der Waals surface area contributed by atoms with E-state index in [1.807, 2.05) is 0 Å². The van der Waals surface area contributed by atoms with E-state index in [-0.39, 0.29) is 0 Å². The van der Waals surface area contributed by atoms with Gasteiger partial charge in [0.05, 0.1) is 0 Å². The third-order valence-electron chi connectivity index (χ3n) is 2.93. The van der Waals surface area contributed by atoms with Crippen LogP contribution < -0.4 is 5.73 Å². The van der Waals surface area contributed by atoms with Crippen LogP contribution in [-0.4, -0.2) is 30.6 Å². The average Bonchev–Trinajstić information content (AvgIpc) is 2.09. The van der Waals surface area contributed by atoms with Gasteiger partial charge in [0.15, 0.2) is 0 Å². The molecule has 1 saturated heterocycles. The fraction of sp³-hybridized carbons (Fsp3) is 1.00. The second-order valence-electron chi connectivity index (χ2n) is 4.24. The first-order valence-electron chi connectivity index (χ1n) is 5.81. The summed E-state index contributed by atoms with van der Waals surface area (Å²) in [5, 5.41) is 0. The monoisotopic (exact) mass is 184 g/mol. The minimum Gasteiger partial charge on any atom is -0.328 e. The van der Waals surface area contributed by atoms with Crippen molar-refractivity contribution in [3.05, 3.63) is 0 Å². The maximum atomic E-state index is 5.93. The van der Waals surface area contributed by atoms with Gasteiger partial charge in [-0.25, -0.2) is 0 Å². The van der Waals surface area contributed by atoms with E-state index in [4.69, 9.17) is 5.73 Å². The molecule has 2 nitrogen and oxygen atoms in total. The summed E-state index contributed by atoms with van der Waals surface area (Å²) in [6.07, 6.45) is 7.71. The van der Waals surface area contributed by atoms with Gasteiger partial charge in [0.25, 0.3) is 0 Å². The zero-order chi connectivity index (χ0) is 9.52. The molecule has 0 radical (unpaired) electrons. The van der Waals surface area contributed by atoms with Crippen molar-refractivity contribution in [3.63, 3.8) is 0 Å². The molecule has 1 fully saturated rings. The highest BCUT2D eigenvalue weighted by Gasteiger charge is 2.10. The first-order valence-corrected chi connectivity index (χ1v) is 5.81. The highest BCUT2D eigenvalue weighted by atomic mass is 15.1. The van der Waals surface area contributed by atoms with Crippen molar-refractivity contribution in [2.75, 3.05) is 19.6 Å². The molecule has 0 saturated carbocycles. The quantitative estimate of drug-likeness (QED) is 0.727. The number of rotatable bonds is 3. The van der Waals surface area contributed by atoms with Crippen molar-refractivity contribution in [1.29, 1.82) is 0 Å². The highest BCUT2D eigenvalue weighted by molar-refractivity contribution is 4.69. The number of unbranched alkanes of at least 4 members (excludes halogenated alkanes) is 1. The van der Waals surface area contributed by atoms with Crippen molar-refractivity contribution < 1.29 is 0 Å². The third-order valence-corrected chi connectivity index (χ3v) is 2.93. The van der Waals surface area contributed by atoms with Crippen LogP contribution in [0.4, 0.5) is 0 Å². The van der Waals surface area contributed by atoms with Crippen molar-refractivity contribution in [3.8, 4) is 0 Å². The Hall–Kier alpha value is -0.0800. The molecule has 0 unspecified atom stereocenters. The van der Waals surface area contributed by atoms with Crippen LogP contribution in [0.5, 0.6) is 0 Å². The van der Waals surface area contributed by atoms with Gasteiger partial charge in [-0.1, -0.05) is 13.3 Å². The summed E-state index contributed by atoms with van der Waals surface area (Å²) in [4.78, 5) is 2.61. The fourth-order valence-corrected chi connectivity index (χ4v) is 2.02. The molecule has 0 amide bonds. The third kappa shape index (κ3) is 4.63.